The molecule has 8 heteroatoms. The molecule has 1 aliphatic rings. The lowest BCUT2D eigenvalue weighted by molar-refractivity contribution is -0.0717. The highest BCUT2D eigenvalue weighted by molar-refractivity contribution is 7.88. The number of hydrogen-bond donors (Lipinski definition) is 1. The smallest absolute Gasteiger partial charge is 0.209 e. The molecule has 0 bridgehead atoms. The van der Waals surface area contributed by atoms with E-state index in [9.17, 15) is 8.42 Å². The second kappa shape index (κ2) is 6.07. The van der Waals surface area contributed by atoms with Crippen molar-refractivity contribution in [3.8, 4) is 0 Å². The van der Waals surface area contributed by atoms with Crippen molar-refractivity contribution in [3.63, 3.8) is 0 Å². The van der Waals surface area contributed by atoms with Crippen LogP contribution < -0.4 is 4.72 Å². The van der Waals surface area contributed by atoms with Gasteiger partial charge in [0.05, 0.1) is 42.8 Å². The Morgan fingerprint density at radius 2 is 2.50 bits per heavy atom. The molecule has 0 aromatic carbocycles. The van der Waals surface area contributed by atoms with Crippen LogP contribution in [0.1, 0.15) is 12.1 Å². The van der Waals surface area contributed by atoms with Crippen molar-refractivity contribution in [2.75, 3.05) is 19.5 Å². The Kier molecular flexibility index (Phi) is 4.68. The van der Waals surface area contributed by atoms with Crippen molar-refractivity contribution in [1.29, 1.82) is 0 Å². The van der Waals surface area contributed by atoms with Gasteiger partial charge >= 0.3 is 0 Å². The van der Waals surface area contributed by atoms with Crippen molar-refractivity contribution in [2.45, 2.75) is 25.2 Å². The molecule has 1 aromatic rings. The molecule has 0 amide bonds. The number of nitrogens with one attached hydrogen (secondary N) is 1. The number of nitrogens with zero attached hydrogens (tertiary/aromatic N) is 1. The quantitative estimate of drug-likeness (QED) is 0.848. The van der Waals surface area contributed by atoms with Crippen LogP contribution in [0.25, 0.3) is 0 Å². The molecule has 2 heterocycles. The van der Waals surface area contributed by atoms with Crippen LogP contribution in [0.15, 0.2) is 10.9 Å². The molecular weight excluding hydrogens is 276 g/mol. The molecule has 1 aliphatic heterocycles. The molecule has 2 atom stereocenters. The summed E-state index contributed by atoms with van der Waals surface area (Å²) in [5.74, 6) is 0. The van der Waals surface area contributed by atoms with Gasteiger partial charge in [-0.05, 0) is 6.42 Å². The first-order valence-corrected chi connectivity index (χ1v) is 8.42. The number of aromatic nitrogens is 1. The summed E-state index contributed by atoms with van der Waals surface area (Å²) in [5, 5.41) is 1.91. The first-order chi connectivity index (χ1) is 8.54. The van der Waals surface area contributed by atoms with E-state index < -0.39 is 10.0 Å². The monoisotopic (exact) mass is 292 g/mol. The average molecular weight is 292 g/mol. The standard InChI is InChI=1S/C10H16N2O4S2/c1-18(13,14)12-9-2-3-15-5-10(9)16-4-8-6-17-7-11-8/h6-7,9-10,12H,2-5H2,1H3/t9-,10-/m1/s1. The number of ether oxygens (including phenoxy) is 2. The third-order valence-electron chi connectivity index (χ3n) is 2.60. The summed E-state index contributed by atoms with van der Waals surface area (Å²) in [5.41, 5.74) is 2.59. The van der Waals surface area contributed by atoms with Gasteiger partial charge in [0.15, 0.2) is 0 Å². The molecule has 1 fully saturated rings. The van der Waals surface area contributed by atoms with Gasteiger partial charge in [0.2, 0.25) is 10.0 Å². The summed E-state index contributed by atoms with van der Waals surface area (Å²) in [6.45, 7) is 1.32. The molecule has 18 heavy (non-hydrogen) atoms. The summed E-state index contributed by atoms with van der Waals surface area (Å²) in [6, 6.07) is -0.229. The first-order valence-electron chi connectivity index (χ1n) is 5.58. The Balaban J connectivity index is 1.91. The lowest BCUT2D eigenvalue weighted by Crippen LogP contribution is -2.49. The largest absolute Gasteiger partial charge is 0.379 e. The third-order valence-corrected chi connectivity index (χ3v) is 3.96. The van der Waals surface area contributed by atoms with Crippen LogP contribution in [0.3, 0.4) is 0 Å². The van der Waals surface area contributed by atoms with Gasteiger partial charge in [-0.1, -0.05) is 0 Å². The number of rotatable bonds is 5. The lowest BCUT2D eigenvalue weighted by atomic mass is 10.1. The summed E-state index contributed by atoms with van der Waals surface area (Å²) in [6.07, 6.45) is 1.50. The number of sulfonamides is 1. The maximum Gasteiger partial charge on any atom is 0.209 e. The molecule has 0 radical (unpaired) electrons. The fourth-order valence-electron chi connectivity index (χ4n) is 1.79. The van der Waals surface area contributed by atoms with Crippen LogP contribution in [0.5, 0.6) is 0 Å². The van der Waals surface area contributed by atoms with E-state index in [1.165, 1.54) is 11.3 Å². The van der Waals surface area contributed by atoms with E-state index in [2.05, 4.69) is 9.71 Å². The molecule has 6 nitrogen and oxygen atoms in total. The van der Waals surface area contributed by atoms with Gasteiger partial charge in [-0.25, -0.2) is 18.1 Å². The molecule has 1 aromatic heterocycles. The van der Waals surface area contributed by atoms with E-state index >= 15 is 0 Å². The summed E-state index contributed by atoms with van der Waals surface area (Å²) >= 11 is 1.50. The zero-order valence-corrected chi connectivity index (χ0v) is 11.7. The van der Waals surface area contributed by atoms with Gasteiger partial charge in [0.25, 0.3) is 0 Å². The fourth-order valence-corrected chi connectivity index (χ4v) is 3.15. The SMILES string of the molecule is CS(=O)(=O)N[C@@H]1CCOC[C@H]1OCc1cscn1. The van der Waals surface area contributed by atoms with Crippen LogP contribution in [-0.4, -0.2) is 45.0 Å². The maximum absolute atomic E-state index is 11.3. The Bertz CT molecular complexity index is 460. The first kappa shape index (κ1) is 13.9. The minimum Gasteiger partial charge on any atom is -0.379 e. The van der Waals surface area contributed by atoms with E-state index in [4.69, 9.17) is 9.47 Å². The minimum absolute atomic E-state index is 0.229. The molecule has 2 rings (SSSR count). The molecule has 102 valence electrons. The molecular formula is C10H16N2O4S2. The molecule has 1 N–H and O–H groups in total. The second-order valence-corrected chi connectivity index (χ2v) is 6.69. The Morgan fingerprint density at radius 3 is 3.17 bits per heavy atom. The van der Waals surface area contributed by atoms with Crippen LogP contribution in [-0.2, 0) is 26.1 Å². The molecule has 0 saturated carbocycles. The van der Waals surface area contributed by atoms with Gasteiger partial charge in [0, 0.05) is 12.0 Å². The summed E-state index contributed by atoms with van der Waals surface area (Å²) in [7, 11) is -3.23. The van der Waals surface area contributed by atoms with Gasteiger partial charge in [-0.15, -0.1) is 11.3 Å². The van der Waals surface area contributed by atoms with Crippen molar-refractivity contribution < 1.29 is 17.9 Å². The predicted octanol–water partition coefficient (Wildman–Crippen LogP) is 0.366. The van der Waals surface area contributed by atoms with Crippen LogP contribution in [0.2, 0.25) is 0 Å². The van der Waals surface area contributed by atoms with E-state index in [0.717, 1.165) is 11.9 Å². The lowest BCUT2D eigenvalue weighted by Gasteiger charge is -2.31. The van der Waals surface area contributed by atoms with E-state index in [1.807, 2.05) is 5.38 Å². The number of hydrogen-bond acceptors (Lipinski definition) is 6. The highest BCUT2D eigenvalue weighted by Crippen LogP contribution is 2.14. The molecule has 0 unspecified atom stereocenters. The van der Waals surface area contributed by atoms with E-state index in [0.29, 0.717) is 26.2 Å². The summed E-state index contributed by atoms with van der Waals surface area (Å²) < 4.78 is 36.1. The molecule has 0 spiro atoms. The van der Waals surface area contributed by atoms with Crippen LogP contribution in [0.4, 0.5) is 0 Å². The highest BCUT2D eigenvalue weighted by atomic mass is 32.2. The van der Waals surface area contributed by atoms with Gasteiger partial charge in [0.1, 0.15) is 0 Å². The Hall–Kier alpha value is -0.540. The van der Waals surface area contributed by atoms with Gasteiger partial charge < -0.3 is 9.47 Å². The zero-order chi connectivity index (χ0) is 13.0. The Morgan fingerprint density at radius 1 is 1.67 bits per heavy atom. The van der Waals surface area contributed by atoms with Gasteiger partial charge in [-0.3, -0.25) is 0 Å². The zero-order valence-electron chi connectivity index (χ0n) is 10.0. The normalized spacial score (nSPS) is 25.2. The van der Waals surface area contributed by atoms with Crippen molar-refractivity contribution in [1.82, 2.24) is 9.71 Å². The average Bonchev–Trinajstić information content (AvgIpc) is 2.79. The summed E-state index contributed by atoms with van der Waals surface area (Å²) in [4.78, 5) is 4.11. The van der Waals surface area contributed by atoms with Crippen LogP contribution in [0, 0.1) is 0 Å². The molecule has 1 saturated heterocycles. The second-order valence-electron chi connectivity index (χ2n) is 4.19. The van der Waals surface area contributed by atoms with Crippen molar-refractivity contribution in [2.24, 2.45) is 0 Å². The van der Waals surface area contributed by atoms with Crippen molar-refractivity contribution in [3.05, 3.63) is 16.6 Å². The maximum atomic E-state index is 11.3. The number of thiazole rings is 1. The topological polar surface area (TPSA) is 77.5 Å². The van der Waals surface area contributed by atoms with Crippen molar-refractivity contribution >= 4 is 21.4 Å². The Labute approximate surface area is 110 Å². The molecule has 0 aliphatic carbocycles. The van der Waals surface area contributed by atoms with Crippen LogP contribution >= 0.6 is 11.3 Å². The predicted molar refractivity (Wildman–Crippen MR) is 67.9 cm³/mol. The van der Waals surface area contributed by atoms with E-state index in [1.54, 1.807) is 5.51 Å². The minimum atomic E-state index is -3.23. The third kappa shape index (κ3) is 4.29. The van der Waals surface area contributed by atoms with E-state index in [-0.39, 0.29) is 12.1 Å². The fraction of sp³-hybridized carbons (Fsp3) is 0.700. The van der Waals surface area contributed by atoms with Gasteiger partial charge in [-0.2, -0.15) is 0 Å². The highest BCUT2D eigenvalue weighted by Gasteiger charge is 2.28.